The molecular formula is C16H14ClN3O. The van der Waals surface area contributed by atoms with Gasteiger partial charge in [-0.15, -0.1) is 0 Å². The molecule has 2 aromatic carbocycles. The second kappa shape index (κ2) is 4.67. The maximum Gasteiger partial charge on any atom is 0.153 e. The van der Waals surface area contributed by atoms with Crippen molar-refractivity contribution in [1.29, 1.82) is 0 Å². The van der Waals surface area contributed by atoms with Gasteiger partial charge in [0.25, 0.3) is 0 Å². The molecule has 0 amide bonds. The molecule has 1 aliphatic rings. The highest BCUT2D eigenvalue weighted by atomic mass is 35.5. The number of hydrogen-bond acceptors (Lipinski definition) is 3. The number of nitrogens with one attached hydrogen (secondary N) is 1. The van der Waals surface area contributed by atoms with E-state index in [0.29, 0.717) is 11.6 Å². The molecule has 0 fully saturated rings. The van der Waals surface area contributed by atoms with Crippen molar-refractivity contribution in [3.8, 4) is 17.1 Å². The molecule has 5 heteroatoms. The molecule has 1 aromatic heterocycles. The second-order valence-electron chi connectivity index (χ2n) is 5.06. The Hall–Kier alpha value is -2.20. The van der Waals surface area contributed by atoms with Crippen molar-refractivity contribution >= 4 is 28.3 Å². The maximum atomic E-state index is 6.30. The molecule has 3 aromatic rings. The Balaban J connectivity index is 1.99. The molecule has 21 heavy (non-hydrogen) atoms. The van der Waals surface area contributed by atoms with Crippen LogP contribution in [0, 0.1) is 0 Å². The third kappa shape index (κ3) is 1.87. The Morgan fingerprint density at radius 3 is 2.95 bits per heavy atom. The van der Waals surface area contributed by atoms with Gasteiger partial charge >= 0.3 is 0 Å². The van der Waals surface area contributed by atoms with Crippen molar-refractivity contribution in [2.75, 3.05) is 18.5 Å². The Kier molecular flexibility index (Phi) is 2.79. The Morgan fingerprint density at radius 2 is 2.10 bits per heavy atom. The summed E-state index contributed by atoms with van der Waals surface area (Å²) in [5, 5.41) is 4.06. The van der Waals surface area contributed by atoms with Crippen LogP contribution in [0.25, 0.3) is 22.4 Å². The normalized spacial score (nSPS) is 13.6. The van der Waals surface area contributed by atoms with Crippen LogP contribution in [0.2, 0.25) is 5.02 Å². The van der Waals surface area contributed by atoms with Gasteiger partial charge in [0.1, 0.15) is 12.4 Å². The first-order chi connectivity index (χ1) is 10.3. The van der Waals surface area contributed by atoms with Gasteiger partial charge in [-0.3, -0.25) is 0 Å². The zero-order valence-electron chi connectivity index (χ0n) is 11.6. The molecule has 0 saturated heterocycles. The number of aryl methyl sites for hydroxylation is 1. The summed E-state index contributed by atoms with van der Waals surface area (Å²) in [6, 6.07) is 11.8. The smallest absolute Gasteiger partial charge is 0.153 e. The average Bonchev–Trinajstić information content (AvgIpc) is 2.85. The minimum Gasteiger partial charge on any atom is -0.489 e. The zero-order valence-corrected chi connectivity index (χ0v) is 12.3. The van der Waals surface area contributed by atoms with E-state index in [1.807, 2.05) is 48.0 Å². The number of ether oxygens (including phenoxy) is 1. The van der Waals surface area contributed by atoms with Gasteiger partial charge in [0.05, 0.1) is 27.3 Å². The molecule has 1 N–H and O–H groups in total. The largest absolute Gasteiger partial charge is 0.489 e. The molecular weight excluding hydrogens is 286 g/mol. The van der Waals surface area contributed by atoms with Gasteiger partial charge in [-0.25, -0.2) is 4.98 Å². The van der Waals surface area contributed by atoms with Crippen molar-refractivity contribution in [3.05, 3.63) is 41.4 Å². The molecule has 4 rings (SSSR count). The number of anilines is 1. The van der Waals surface area contributed by atoms with Gasteiger partial charge < -0.3 is 14.6 Å². The third-order valence-electron chi connectivity index (χ3n) is 3.76. The van der Waals surface area contributed by atoms with Crippen molar-refractivity contribution in [2.24, 2.45) is 7.05 Å². The molecule has 0 radical (unpaired) electrons. The molecule has 0 saturated carbocycles. The number of nitrogens with zero attached hydrogens (tertiary/aromatic N) is 2. The van der Waals surface area contributed by atoms with Crippen LogP contribution in [0.1, 0.15) is 0 Å². The molecule has 4 nitrogen and oxygen atoms in total. The van der Waals surface area contributed by atoms with Gasteiger partial charge in [-0.2, -0.15) is 0 Å². The Morgan fingerprint density at radius 1 is 1.24 bits per heavy atom. The van der Waals surface area contributed by atoms with Crippen molar-refractivity contribution in [2.45, 2.75) is 0 Å². The SMILES string of the molecule is Cn1c(-c2cccc3c2OCCN3)nc2cccc(Cl)c21. The molecule has 0 aliphatic carbocycles. The fourth-order valence-electron chi connectivity index (χ4n) is 2.81. The van der Waals surface area contributed by atoms with Gasteiger partial charge in [0.15, 0.2) is 5.75 Å². The molecule has 106 valence electrons. The number of para-hydroxylation sites is 2. The van der Waals surface area contributed by atoms with Gasteiger partial charge in [-0.05, 0) is 24.3 Å². The number of hydrogen-bond donors (Lipinski definition) is 1. The first-order valence-corrected chi connectivity index (χ1v) is 7.24. The predicted molar refractivity (Wildman–Crippen MR) is 85.1 cm³/mol. The quantitative estimate of drug-likeness (QED) is 0.745. The number of aromatic nitrogens is 2. The molecule has 1 aliphatic heterocycles. The number of halogens is 1. The molecule has 0 bridgehead atoms. The van der Waals surface area contributed by atoms with Crippen LogP contribution in [0.3, 0.4) is 0 Å². The maximum absolute atomic E-state index is 6.30. The fraction of sp³-hybridized carbons (Fsp3) is 0.188. The lowest BCUT2D eigenvalue weighted by molar-refractivity contribution is 0.324. The minimum absolute atomic E-state index is 0.661. The Bertz CT molecular complexity index is 841. The van der Waals surface area contributed by atoms with Crippen molar-refractivity contribution in [3.63, 3.8) is 0 Å². The highest BCUT2D eigenvalue weighted by Crippen LogP contribution is 2.39. The van der Waals surface area contributed by atoms with E-state index in [2.05, 4.69) is 5.32 Å². The highest BCUT2D eigenvalue weighted by molar-refractivity contribution is 6.35. The molecule has 2 heterocycles. The average molecular weight is 300 g/mol. The molecule has 0 atom stereocenters. The first-order valence-electron chi connectivity index (χ1n) is 6.87. The molecule has 0 spiro atoms. The lowest BCUT2D eigenvalue weighted by atomic mass is 10.1. The minimum atomic E-state index is 0.661. The summed E-state index contributed by atoms with van der Waals surface area (Å²) < 4.78 is 7.86. The second-order valence-corrected chi connectivity index (χ2v) is 5.47. The van der Waals surface area contributed by atoms with Gasteiger partial charge in [0.2, 0.25) is 0 Å². The van der Waals surface area contributed by atoms with E-state index in [-0.39, 0.29) is 0 Å². The fourth-order valence-corrected chi connectivity index (χ4v) is 3.11. The number of fused-ring (bicyclic) bond motifs is 2. The van der Waals surface area contributed by atoms with Crippen LogP contribution < -0.4 is 10.1 Å². The van der Waals surface area contributed by atoms with Gasteiger partial charge in [-0.1, -0.05) is 23.7 Å². The Labute approximate surface area is 127 Å². The van der Waals surface area contributed by atoms with Crippen molar-refractivity contribution in [1.82, 2.24) is 9.55 Å². The number of imidazole rings is 1. The summed E-state index contributed by atoms with van der Waals surface area (Å²) >= 11 is 6.30. The topological polar surface area (TPSA) is 39.1 Å². The van der Waals surface area contributed by atoms with Crippen molar-refractivity contribution < 1.29 is 4.74 Å². The van der Waals surface area contributed by atoms with Crippen LogP contribution in [0.5, 0.6) is 5.75 Å². The summed E-state index contributed by atoms with van der Waals surface area (Å²) in [7, 11) is 1.98. The lowest BCUT2D eigenvalue weighted by Crippen LogP contribution is -2.18. The van der Waals surface area contributed by atoms with E-state index in [1.54, 1.807) is 0 Å². The summed E-state index contributed by atoms with van der Waals surface area (Å²) in [5.41, 5.74) is 3.82. The van der Waals surface area contributed by atoms with Crippen LogP contribution >= 0.6 is 11.6 Å². The van der Waals surface area contributed by atoms with E-state index in [0.717, 1.165) is 40.4 Å². The number of rotatable bonds is 1. The van der Waals surface area contributed by atoms with Crippen LogP contribution in [0.4, 0.5) is 5.69 Å². The standard InChI is InChI=1S/C16H14ClN3O/c1-20-14-11(17)5-3-6-12(14)19-16(20)10-4-2-7-13-15(10)21-9-8-18-13/h2-7,18H,8-9H2,1H3. The third-order valence-corrected chi connectivity index (χ3v) is 4.07. The lowest BCUT2D eigenvalue weighted by Gasteiger charge is -2.21. The molecule has 0 unspecified atom stereocenters. The first kappa shape index (κ1) is 12.5. The summed E-state index contributed by atoms with van der Waals surface area (Å²) in [6.07, 6.45) is 0. The van der Waals surface area contributed by atoms with E-state index >= 15 is 0 Å². The monoisotopic (exact) mass is 299 g/mol. The van der Waals surface area contributed by atoms with E-state index in [1.165, 1.54) is 0 Å². The van der Waals surface area contributed by atoms with Gasteiger partial charge in [0, 0.05) is 13.6 Å². The van der Waals surface area contributed by atoms with Crippen LogP contribution in [0.15, 0.2) is 36.4 Å². The summed E-state index contributed by atoms with van der Waals surface area (Å²) in [4.78, 5) is 4.72. The predicted octanol–water partition coefficient (Wildman–Crippen LogP) is 3.70. The zero-order chi connectivity index (χ0) is 14.4. The van der Waals surface area contributed by atoms with E-state index in [9.17, 15) is 0 Å². The number of benzene rings is 2. The van der Waals surface area contributed by atoms with Crippen LogP contribution in [-0.4, -0.2) is 22.7 Å². The van der Waals surface area contributed by atoms with E-state index < -0.39 is 0 Å². The highest BCUT2D eigenvalue weighted by Gasteiger charge is 2.20. The summed E-state index contributed by atoms with van der Waals surface area (Å²) in [6.45, 7) is 1.49. The summed E-state index contributed by atoms with van der Waals surface area (Å²) in [5.74, 6) is 1.72. The van der Waals surface area contributed by atoms with E-state index in [4.69, 9.17) is 21.3 Å². The van der Waals surface area contributed by atoms with Crippen LogP contribution in [-0.2, 0) is 7.05 Å².